The summed E-state index contributed by atoms with van der Waals surface area (Å²) in [5.41, 5.74) is 3.72. The SMILES string of the molecule is CC.CCc1nc2c(cc1CCC(=O)c1ccccc1)c(OC(C)C)c(C(=O)NCCCN1CCCC1=O)n2C. The van der Waals surface area contributed by atoms with Gasteiger partial charge in [-0.15, -0.1) is 0 Å². The summed E-state index contributed by atoms with van der Waals surface area (Å²) in [7, 11) is 1.83. The molecule has 3 aromatic rings. The van der Waals surface area contributed by atoms with Crippen molar-refractivity contribution < 1.29 is 19.1 Å². The Bertz CT molecular complexity index is 1310. The summed E-state index contributed by atoms with van der Waals surface area (Å²) in [4.78, 5) is 44.7. The second kappa shape index (κ2) is 14.6. The Hall–Kier alpha value is -3.68. The number of rotatable bonds is 12. The van der Waals surface area contributed by atoms with Gasteiger partial charge in [-0.05, 0) is 51.2 Å². The smallest absolute Gasteiger partial charge is 0.271 e. The maximum Gasteiger partial charge on any atom is 0.271 e. The highest BCUT2D eigenvalue weighted by Crippen LogP contribution is 2.34. The van der Waals surface area contributed by atoms with Crippen LogP contribution in [-0.2, 0) is 24.7 Å². The zero-order chi connectivity index (χ0) is 29.2. The van der Waals surface area contributed by atoms with Crippen molar-refractivity contribution in [3.8, 4) is 5.75 Å². The minimum atomic E-state index is -0.229. The van der Waals surface area contributed by atoms with Crippen LogP contribution in [0.2, 0.25) is 0 Å². The van der Waals surface area contributed by atoms with Crippen molar-refractivity contribution in [3.05, 3.63) is 58.9 Å². The van der Waals surface area contributed by atoms with Crippen molar-refractivity contribution in [2.24, 2.45) is 7.05 Å². The number of amides is 2. The highest BCUT2D eigenvalue weighted by atomic mass is 16.5. The number of pyridine rings is 1. The van der Waals surface area contributed by atoms with Gasteiger partial charge in [-0.25, -0.2) is 4.98 Å². The summed E-state index contributed by atoms with van der Waals surface area (Å²) < 4.78 is 7.98. The van der Waals surface area contributed by atoms with Crippen LogP contribution >= 0.6 is 0 Å². The van der Waals surface area contributed by atoms with E-state index in [9.17, 15) is 14.4 Å². The van der Waals surface area contributed by atoms with E-state index < -0.39 is 0 Å². The molecule has 0 unspecified atom stereocenters. The topological polar surface area (TPSA) is 93.5 Å². The van der Waals surface area contributed by atoms with Crippen LogP contribution in [0.4, 0.5) is 0 Å². The van der Waals surface area contributed by atoms with E-state index in [1.807, 2.05) is 83.0 Å². The van der Waals surface area contributed by atoms with Crippen molar-refractivity contribution in [1.29, 1.82) is 0 Å². The number of Topliss-reactive ketones (excluding diaryl/α,β-unsaturated/α-hetero) is 1. The van der Waals surface area contributed by atoms with E-state index in [0.717, 1.165) is 29.6 Å². The standard InChI is InChI=1S/C30H38N4O4.C2H6/c1-5-24-22(14-15-25(35)21-11-7-6-8-12-21)19-23-28(38-20(2)3)27(33(4)29(23)32-24)30(37)31-16-10-18-34-17-9-13-26(34)36;1-2/h6-8,11-12,19-20H,5,9-10,13-18H2,1-4H3,(H,31,37);1-2H3. The number of aromatic nitrogens is 2. The summed E-state index contributed by atoms with van der Waals surface area (Å²) >= 11 is 0. The van der Waals surface area contributed by atoms with Crippen molar-refractivity contribution in [2.75, 3.05) is 19.6 Å². The third-order valence-electron chi connectivity index (χ3n) is 6.97. The molecular weight excluding hydrogens is 504 g/mol. The number of nitrogens with one attached hydrogen (secondary N) is 1. The molecule has 1 aliphatic rings. The lowest BCUT2D eigenvalue weighted by molar-refractivity contribution is -0.127. The van der Waals surface area contributed by atoms with Gasteiger partial charge in [-0.1, -0.05) is 51.1 Å². The number of likely N-dealkylation sites (tertiary alicyclic amines) is 1. The van der Waals surface area contributed by atoms with Crippen molar-refractivity contribution in [1.82, 2.24) is 19.8 Å². The number of aryl methyl sites for hydroxylation is 3. The molecule has 1 fully saturated rings. The number of benzene rings is 1. The first-order valence-corrected chi connectivity index (χ1v) is 14.6. The first-order chi connectivity index (χ1) is 19.3. The van der Waals surface area contributed by atoms with E-state index in [1.54, 1.807) is 4.57 Å². The molecule has 0 saturated carbocycles. The molecule has 1 aliphatic heterocycles. The van der Waals surface area contributed by atoms with Gasteiger partial charge in [-0.3, -0.25) is 14.4 Å². The molecule has 216 valence electrons. The predicted octanol–water partition coefficient (Wildman–Crippen LogP) is 5.51. The number of nitrogens with zero attached hydrogens (tertiary/aromatic N) is 3. The fourth-order valence-corrected chi connectivity index (χ4v) is 5.04. The van der Waals surface area contributed by atoms with E-state index in [4.69, 9.17) is 9.72 Å². The van der Waals surface area contributed by atoms with Crippen molar-refractivity contribution in [3.63, 3.8) is 0 Å². The molecule has 0 bridgehead atoms. The zero-order valence-corrected chi connectivity index (χ0v) is 24.9. The molecule has 0 spiro atoms. The lowest BCUT2D eigenvalue weighted by Gasteiger charge is -2.16. The first kappa shape index (κ1) is 30.9. The molecule has 0 radical (unpaired) electrons. The van der Waals surface area contributed by atoms with Gasteiger partial charge in [0.2, 0.25) is 5.91 Å². The number of carbonyl (C=O) groups is 3. The number of ether oxygens (including phenoxy) is 1. The normalized spacial score (nSPS) is 13.0. The van der Waals surface area contributed by atoms with Gasteiger partial charge in [0.25, 0.3) is 5.91 Å². The van der Waals surface area contributed by atoms with E-state index in [0.29, 0.717) is 67.8 Å². The minimum Gasteiger partial charge on any atom is -0.488 e. The average Bonchev–Trinajstić information content (AvgIpc) is 3.49. The lowest BCUT2D eigenvalue weighted by atomic mass is 10.00. The summed E-state index contributed by atoms with van der Waals surface area (Å²) in [6.45, 7) is 11.8. The number of hydrogen-bond acceptors (Lipinski definition) is 5. The Balaban J connectivity index is 0.00000216. The number of carbonyl (C=O) groups excluding carboxylic acids is 3. The van der Waals surface area contributed by atoms with Crippen LogP contribution in [0.25, 0.3) is 11.0 Å². The molecule has 2 amide bonds. The van der Waals surface area contributed by atoms with E-state index >= 15 is 0 Å². The minimum absolute atomic E-state index is 0.0927. The van der Waals surface area contributed by atoms with E-state index in [1.165, 1.54) is 0 Å². The molecule has 0 aliphatic carbocycles. The Kier molecular flexibility index (Phi) is 11.3. The third kappa shape index (κ3) is 7.29. The maximum absolute atomic E-state index is 13.3. The fourth-order valence-electron chi connectivity index (χ4n) is 5.04. The van der Waals surface area contributed by atoms with E-state index in [-0.39, 0.29) is 23.7 Å². The first-order valence-electron chi connectivity index (χ1n) is 14.6. The van der Waals surface area contributed by atoms with Crippen molar-refractivity contribution in [2.45, 2.75) is 79.2 Å². The van der Waals surface area contributed by atoms with Crippen molar-refractivity contribution >= 4 is 28.6 Å². The van der Waals surface area contributed by atoms with Crippen LogP contribution in [-0.4, -0.2) is 57.8 Å². The molecule has 3 heterocycles. The Morgan fingerprint density at radius 2 is 1.88 bits per heavy atom. The van der Waals surface area contributed by atoms with Gasteiger partial charge < -0.3 is 19.5 Å². The molecule has 8 nitrogen and oxygen atoms in total. The predicted molar refractivity (Wildman–Crippen MR) is 159 cm³/mol. The van der Waals surface area contributed by atoms with Gasteiger partial charge in [0.1, 0.15) is 5.65 Å². The molecule has 40 heavy (non-hydrogen) atoms. The maximum atomic E-state index is 13.3. The largest absolute Gasteiger partial charge is 0.488 e. The monoisotopic (exact) mass is 548 g/mol. The molecule has 2 aromatic heterocycles. The third-order valence-corrected chi connectivity index (χ3v) is 6.97. The summed E-state index contributed by atoms with van der Waals surface area (Å²) in [5, 5.41) is 3.78. The molecule has 0 atom stereocenters. The Morgan fingerprint density at radius 1 is 1.15 bits per heavy atom. The number of fused-ring (bicyclic) bond motifs is 1. The van der Waals surface area contributed by atoms with Crippen LogP contribution in [0.15, 0.2) is 36.4 Å². The summed E-state index contributed by atoms with van der Waals surface area (Å²) in [6, 6.07) is 11.4. The molecule has 1 aromatic carbocycles. The van der Waals surface area contributed by atoms with Crippen LogP contribution in [0, 0.1) is 0 Å². The Morgan fingerprint density at radius 3 is 2.50 bits per heavy atom. The number of ketones is 1. The second-order valence-electron chi connectivity index (χ2n) is 10.1. The molecule has 1 saturated heterocycles. The zero-order valence-electron chi connectivity index (χ0n) is 24.9. The lowest BCUT2D eigenvalue weighted by Crippen LogP contribution is -2.31. The summed E-state index contributed by atoms with van der Waals surface area (Å²) in [5.74, 6) is 0.565. The highest BCUT2D eigenvalue weighted by Gasteiger charge is 2.26. The van der Waals surface area contributed by atoms with Gasteiger partial charge >= 0.3 is 0 Å². The van der Waals surface area contributed by atoms with Gasteiger partial charge in [0.15, 0.2) is 17.2 Å². The quantitative estimate of drug-likeness (QED) is 0.238. The molecule has 8 heteroatoms. The van der Waals surface area contributed by atoms with Gasteiger partial charge in [-0.2, -0.15) is 0 Å². The van der Waals surface area contributed by atoms with Crippen LogP contribution in [0.3, 0.4) is 0 Å². The molecule has 1 N–H and O–H groups in total. The average molecular weight is 549 g/mol. The highest BCUT2D eigenvalue weighted by molar-refractivity contribution is 6.03. The van der Waals surface area contributed by atoms with Crippen LogP contribution in [0.1, 0.15) is 92.4 Å². The van der Waals surface area contributed by atoms with E-state index in [2.05, 4.69) is 5.32 Å². The van der Waals surface area contributed by atoms with Crippen LogP contribution in [0.5, 0.6) is 5.75 Å². The van der Waals surface area contributed by atoms with Gasteiger partial charge in [0.05, 0.1) is 11.5 Å². The summed E-state index contributed by atoms with van der Waals surface area (Å²) in [6.07, 6.45) is 3.74. The second-order valence-corrected chi connectivity index (χ2v) is 10.1. The molecular formula is C32H44N4O4. The fraction of sp³-hybridized carbons (Fsp3) is 0.500. The molecule has 4 rings (SSSR count). The van der Waals surface area contributed by atoms with Gasteiger partial charge in [0, 0.05) is 50.8 Å². The van der Waals surface area contributed by atoms with Crippen LogP contribution < -0.4 is 10.1 Å². The Labute approximate surface area is 238 Å². The number of hydrogen-bond donors (Lipinski definition) is 1.